The van der Waals surface area contributed by atoms with Gasteiger partial charge in [0.2, 0.25) is 0 Å². The minimum absolute atomic E-state index is 0.0965. The lowest BCUT2D eigenvalue weighted by atomic mass is 9.82. The van der Waals surface area contributed by atoms with E-state index >= 15 is 0 Å². The van der Waals surface area contributed by atoms with Gasteiger partial charge in [-0.2, -0.15) is 5.10 Å². The predicted octanol–water partition coefficient (Wildman–Crippen LogP) is 1.86. The molecule has 0 bridgehead atoms. The lowest BCUT2D eigenvalue weighted by Gasteiger charge is -2.38. The number of rotatable bonds is 3. The molecule has 1 fully saturated rings. The first-order chi connectivity index (χ1) is 10.2. The van der Waals surface area contributed by atoms with Gasteiger partial charge in [-0.3, -0.25) is 9.48 Å². The summed E-state index contributed by atoms with van der Waals surface area (Å²) in [6.07, 6.45) is 3.19. The Hall–Kier alpha value is -2.14. The van der Waals surface area contributed by atoms with Crippen LogP contribution in [0.15, 0.2) is 42.6 Å². The smallest absolute Gasteiger partial charge is 0.270 e. The summed E-state index contributed by atoms with van der Waals surface area (Å²) in [5, 5.41) is 7.27. The van der Waals surface area contributed by atoms with Gasteiger partial charge in [-0.05, 0) is 24.5 Å². The van der Waals surface area contributed by atoms with Crippen molar-refractivity contribution in [3.8, 4) is 0 Å². The molecule has 110 valence electrons. The third kappa shape index (κ3) is 2.69. The highest BCUT2D eigenvalue weighted by molar-refractivity contribution is 5.93. The second-order valence-corrected chi connectivity index (χ2v) is 5.35. The van der Waals surface area contributed by atoms with E-state index < -0.39 is 0 Å². The molecule has 2 aromatic rings. The first-order valence-electron chi connectivity index (χ1n) is 7.15. The molecular formula is C16H19N3O2. The number of benzene rings is 1. The quantitative estimate of drug-likeness (QED) is 0.936. The number of ether oxygens (including phenoxy) is 1. The van der Waals surface area contributed by atoms with Gasteiger partial charge in [0.05, 0.1) is 5.54 Å². The molecule has 0 radical (unpaired) electrons. The summed E-state index contributed by atoms with van der Waals surface area (Å²) in [7, 11) is 1.77. The molecule has 1 aromatic heterocycles. The predicted molar refractivity (Wildman–Crippen MR) is 78.8 cm³/mol. The second kappa shape index (κ2) is 5.69. The highest BCUT2D eigenvalue weighted by atomic mass is 16.5. The monoisotopic (exact) mass is 285 g/mol. The maximum Gasteiger partial charge on any atom is 0.270 e. The zero-order valence-corrected chi connectivity index (χ0v) is 12.1. The van der Waals surface area contributed by atoms with Crippen molar-refractivity contribution in [2.45, 2.75) is 18.4 Å². The van der Waals surface area contributed by atoms with Gasteiger partial charge in [0.1, 0.15) is 5.69 Å². The van der Waals surface area contributed by atoms with Crippen LogP contribution in [0.25, 0.3) is 0 Å². The lowest BCUT2D eigenvalue weighted by Crippen LogP contribution is -2.49. The SMILES string of the molecule is Cn1nccc1C(=O)NC1(c2ccccc2)CCOCC1. The summed E-state index contributed by atoms with van der Waals surface area (Å²) in [4.78, 5) is 12.6. The third-order valence-electron chi connectivity index (χ3n) is 4.08. The van der Waals surface area contributed by atoms with Gasteiger partial charge in [-0.25, -0.2) is 0 Å². The highest BCUT2D eigenvalue weighted by Gasteiger charge is 2.36. The van der Waals surface area contributed by atoms with Gasteiger partial charge >= 0.3 is 0 Å². The number of carbonyl (C=O) groups excluding carboxylic acids is 1. The van der Waals surface area contributed by atoms with Crippen molar-refractivity contribution in [3.63, 3.8) is 0 Å². The molecule has 0 unspecified atom stereocenters. The molecule has 1 N–H and O–H groups in total. The van der Waals surface area contributed by atoms with Gasteiger partial charge in [0, 0.05) is 26.5 Å². The minimum atomic E-state index is -0.360. The Kier molecular flexibility index (Phi) is 3.75. The molecule has 21 heavy (non-hydrogen) atoms. The van der Waals surface area contributed by atoms with Crippen LogP contribution in [0.1, 0.15) is 28.9 Å². The Labute approximate surface area is 123 Å². The molecule has 0 saturated carbocycles. The van der Waals surface area contributed by atoms with Crippen molar-refractivity contribution in [1.82, 2.24) is 15.1 Å². The number of nitrogens with zero attached hydrogens (tertiary/aromatic N) is 2. The molecule has 1 saturated heterocycles. The second-order valence-electron chi connectivity index (χ2n) is 5.35. The molecule has 1 aromatic carbocycles. The van der Waals surface area contributed by atoms with Crippen LogP contribution in [0.2, 0.25) is 0 Å². The molecule has 1 aliphatic rings. The van der Waals surface area contributed by atoms with Crippen molar-refractivity contribution in [3.05, 3.63) is 53.9 Å². The number of nitrogens with one attached hydrogen (secondary N) is 1. The molecule has 3 rings (SSSR count). The van der Waals surface area contributed by atoms with Crippen LogP contribution >= 0.6 is 0 Å². The van der Waals surface area contributed by atoms with E-state index in [0.29, 0.717) is 18.9 Å². The van der Waals surface area contributed by atoms with Crippen molar-refractivity contribution < 1.29 is 9.53 Å². The summed E-state index contributed by atoms with van der Waals surface area (Å²) in [5.41, 5.74) is 1.33. The standard InChI is InChI=1S/C16H19N3O2/c1-19-14(7-10-17-19)15(20)18-16(8-11-21-12-9-16)13-5-3-2-4-6-13/h2-7,10H,8-9,11-12H2,1H3,(H,18,20). The number of aryl methyl sites for hydroxylation is 1. The maximum absolute atomic E-state index is 12.6. The van der Waals surface area contributed by atoms with Crippen molar-refractivity contribution in [1.29, 1.82) is 0 Å². The average Bonchev–Trinajstić information content (AvgIpc) is 2.95. The fraction of sp³-hybridized carbons (Fsp3) is 0.375. The van der Waals surface area contributed by atoms with Crippen molar-refractivity contribution >= 4 is 5.91 Å². The Balaban J connectivity index is 1.90. The largest absolute Gasteiger partial charge is 0.381 e. The molecule has 2 heterocycles. The topological polar surface area (TPSA) is 56.2 Å². The van der Waals surface area contributed by atoms with Crippen LogP contribution in [-0.4, -0.2) is 28.9 Å². The van der Waals surface area contributed by atoms with Gasteiger partial charge in [-0.15, -0.1) is 0 Å². The fourth-order valence-electron chi connectivity index (χ4n) is 2.84. The van der Waals surface area contributed by atoms with E-state index in [4.69, 9.17) is 4.74 Å². The van der Waals surface area contributed by atoms with Gasteiger partial charge < -0.3 is 10.1 Å². The van der Waals surface area contributed by atoms with Gasteiger partial charge in [0.15, 0.2) is 0 Å². The fourth-order valence-corrected chi connectivity index (χ4v) is 2.84. The van der Waals surface area contributed by atoms with E-state index in [1.54, 1.807) is 24.0 Å². The van der Waals surface area contributed by atoms with Crippen LogP contribution in [0.5, 0.6) is 0 Å². The molecule has 1 amide bonds. The van der Waals surface area contributed by atoms with E-state index in [0.717, 1.165) is 18.4 Å². The summed E-state index contributed by atoms with van der Waals surface area (Å²) in [6, 6.07) is 11.8. The Bertz CT molecular complexity index is 615. The van der Waals surface area contributed by atoms with Crippen LogP contribution < -0.4 is 5.32 Å². The summed E-state index contributed by atoms with van der Waals surface area (Å²) in [6.45, 7) is 1.31. The van der Waals surface area contributed by atoms with Crippen LogP contribution in [0, 0.1) is 0 Å². The number of hydrogen-bond donors (Lipinski definition) is 1. The Morgan fingerprint density at radius 3 is 2.57 bits per heavy atom. The van der Waals surface area contributed by atoms with E-state index in [-0.39, 0.29) is 11.4 Å². The summed E-state index contributed by atoms with van der Waals surface area (Å²) < 4.78 is 7.06. The normalized spacial score (nSPS) is 17.4. The van der Waals surface area contributed by atoms with Crippen LogP contribution in [-0.2, 0) is 17.3 Å². The molecule has 0 aliphatic carbocycles. The number of hydrogen-bond acceptors (Lipinski definition) is 3. The zero-order chi connectivity index (χ0) is 14.7. The molecule has 0 spiro atoms. The highest BCUT2D eigenvalue weighted by Crippen LogP contribution is 2.32. The summed E-state index contributed by atoms with van der Waals surface area (Å²) in [5.74, 6) is -0.0965. The van der Waals surface area contributed by atoms with E-state index in [1.807, 2.05) is 18.2 Å². The number of amides is 1. The minimum Gasteiger partial charge on any atom is -0.381 e. The van der Waals surface area contributed by atoms with Crippen LogP contribution in [0.3, 0.4) is 0 Å². The van der Waals surface area contributed by atoms with Crippen molar-refractivity contribution in [2.75, 3.05) is 13.2 Å². The van der Waals surface area contributed by atoms with E-state index in [9.17, 15) is 4.79 Å². The van der Waals surface area contributed by atoms with Gasteiger partial charge in [0.25, 0.3) is 5.91 Å². The summed E-state index contributed by atoms with van der Waals surface area (Å²) >= 11 is 0. The first-order valence-corrected chi connectivity index (χ1v) is 7.15. The van der Waals surface area contributed by atoms with Gasteiger partial charge in [-0.1, -0.05) is 30.3 Å². The van der Waals surface area contributed by atoms with E-state index in [1.165, 1.54) is 0 Å². The number of aromatic nitrogens is 2. The Morgan fingerprint density at radius 1 is 1.24 bits per heavy atom. The first kappa shape index (κ1) is 13.8. The maximum atomic E-state index is 12.6. The molecule has 1 aliphatic heterocycles. The molecule has 0 atom stereocenters. The van der Waals surface area contributed by atoms with Crippen LogP contribution in [0.4, 0.5) is 0 Å². The molecule has 5 nitrogen and oxygen atoms in total. The van der Waals surface area contributed by atoms with E-state index in [2.05, 4.69) is 22.5 Å². The number of carbonyl (C=O) groups is 1. The van der Waals surface area contributed by atoms with Crippen molar-refractivity contribution in [2.24, 2.45) is 7.05 Å². The Morgan fingerprint density at radius 2 is 1.95 bits per heavy atom. The zero-order valence-electron chi connectivity index (χ0n) is 12.1. The molecular weight excluding hydrogens is 266 g/mol. The molecule has 5 heteroatoms. The average molecular weight is 285 g/mol. The third-order valence-corrected chi connectivity index (χ3v) is 4.08. The lowest BCUT2D eigenvalue weighted by molar-refractivity contribution is 0.0343.